The highest BCUT2D eigenvalue weighted by molar-refractivity contribution is 6.00. The van der Waals surface area contributed by atoms with Gasteiger partial charge in [-0.1, -0.05) is 13.8 Å². The maximum atomic E-state index is 13.0. The zero-order valence-corrected chi connectivity index (χ0v) is 10.0. The van der Waals surface area contributed by atoms with Gasteiger partial charge in [-0.2, -0.15) is 0 Å². The number of pyridine rings is 1. The first-order chi connectivity index (χ1) is 7.16. The first-order valence-corrected chi connectivity index (χ1v) is 5.10. The second kappa shape index (κ2) is 3.94. The van der Waals surface area contributed by atoms with Gasteiger partial charge in [-0.3, -0.25) is 9.78 Å². The Morgan fingerprint density at radius 3 is 2.31 bits per heavy atom. The van der Waals surface area contributed by atoms with Gasteiger partial charge in [-0.05, 0) is 19.9 Å². The maximum Gasteiger partial charge on any atom is 0.171 e. The Morgan fingerprint density at radius 1 is 1.31 bits per heavy atom. The van der Waals surface area contributed by atoms with Crippen molar-refractivity contribution in [2.45, 2.75) is 33.2 Å². The van der Waals surface area contributed by atoms with Gasteiger partial charge >= 0.3 is 0 Å². The third-order valence-electron chi connectivity index (χ3n) is 3.15. The average Bonchev–Trinajstić information content (AvgIpc) is 2.14. The molecule has 0 radical (unpaired) electrons. The summed E-state index contributed by atoms with van der Waals surface area (Å²) in [4.78, 5) is 15.8. The van der Waals surface area contributed by atoms with Crippen LogP contribution in [0.1, 0.15) is 38.1 Å². The highest BCUT2D eigenvalue weighted by Gasteiger charge is 2.40. The number of nitrogens with two attached hydrogens (primary N) is 1. The van der Waals surface area contributed by atoms with Crippen molar-refractivity contribution in [2.24, 2.45) is 11.1 Å². The third kappa shape index (κ3) is 2.27. The molecule has 4 heteroatoms. The highest BCUT2D eigenvalue weighted by atomic mass is 19.1. The molecule has 1 aromatic rings. The molecular formula is C12H17FN2O. The van der Waals surface area contributed by atoms with Crippen molar-refractivity contribution in [2.75, 3.05) is 0 Å². The summed E-state index contributed by atoms with van der Waals surface area (Å²) in [6.45, 7) is 7.05. The molecule has 0 bridgehead atoms. The fourth-order valence-electron chi connectivity index (χ4n) is 1.19. The molecule has 0 unspecified atom stereocenters. The zero-order chi connectivity index (χ0) is 12.6. The van der Waals surface area contributed by atoms with Crippen LogP contribution in [0.25, 0.3) is 0 Å². The van der Waals surface area contributed by atoms with Crippen LogP contribution in [0.15, 0.2) is 18.5 Å². The first kappa shape index (κ1) is 12.8. The quantitative estimate of drug-likeness (QED) is 0.800. The summed E-state index contributed by atoms with van der Waals surface area (Å²) in [5.74, 6) is -0.719. The van der Waals surface area contributed by atoms with Gasteiger partial charge < -0.3 is 5.73 Å². The van der Waals surface area contributed by atoms with E-state index in [1.54, 1.807) is 27.7 Å². The largest absolute Gasteiger partial charge is 0.325 e. The zero-order valence-electron chi connectivity index (χ0n) is 10.0. The minimum atomic E-state index is -0.775. The summed E-state index contributed by atoms with van der Waals surface area (Å²) in [5, 5.41) is 0. The number of carbonyl (C=O) groups is 1. The monoisotopic (exact) mass is 224 g/mol. The van der Waals surface area contributed by atoms with Gasteiger partial charge in [0.2, 0.25) is 0 Å². The lowest BCUT2D eigenvalue weighted by Gasteiger charge is -2.36. The van der Waals surface area contributed by atoms with Crippen LogP contribution in [-0.4, -0.2) is 16.3 Å². The molecule has 16 heavy (non-hydrogen) atoms. The standard InChI is InChI=1S/C12H17FN2O/c1-11(2,12(3,4)14)10(16)8-5-9(13)7-15-6-8/h5-7H,14H2,1-4H3. The number of ketones is 1. The SMILES string of the molecule is CC(C)(N)C(C)(C)C(=O)c1cncc(F)c1. The molecule has 0 spiro atoms. The number of halogens is 1. The van der Waals surface area contributed by atoms with Crippen LogP contribution in [0.3, 0.4) is 0 Å². The minimum Gasteiger partial charge on any atom is -0.325 e. The minimum absolute atomic E-state index is 0.202. The summed E-state index contributed by atoms with van der Waals surface area (Å²) in [6, 6.07) is 1.18. The molecule has 0 aromatic carbocycles. The van der Waals surface area contributed by atoms with E-state index in [1.807, 2.05) is 0 Å². The number of hydrogen-bond donors (Lipinski definition) is 1. The van der Waals surface area contributed by atoms with E-state index in [2.05, 4.69) is 4.98 Å². The lowest BCUT2D eigenvalue weighted by Crippen LogP contribution is -2.51. The Hall–Kier alpha value is -1.29. The molecule has 0 aliphatic carbocycles. The summed E-state index contributed by atoms with van der Waals surface area (Å²) < 4.78 is 13.0. The van der Waals surface area contributed by atoms with E-state index in [9.17, 15) is 9.18 Å². The Labute approximate surface area is 94.9 Å². The van der Waals surface area contributed by atoms with Gasteiger partial charge in [-0.25, -0.2) is 4.39 Å². The highest BCUT2D eigenvalue weighted by Crippen LogP contribution is 2.32. The second-order valence-corrected chi connectivity index (χ2v) is 5.07. The van der Waals surface area contributed by atoms with Crippen molar-refractivity contribution >= 4 is 5.78 Å². The van der Waals surface area contributed by atoms with Crippen molar-refractivity contribution in [3.8, 4) is 0 Å². The Balaban J connectivity index is 3.12. The van der Waals surface area contributed by atoms with E-state index < -0.39 is 16.8 Å². The number of hydrogen-bond acceptors (Lipinski definition) is 3. The van der Waals surface area contributed by atoms with Crippen molar-refractivity contribution in [3.05, 3.63) is 29.8 Å². The van der Waals surface area contributed by atoms with Crippen LogP contribution < -0.4 is 5.73 Å². The molecular weight excluding hydrogens is 207 g/mol. The number of aromatic nitrogens is 1. The predicted octanol–water partition coefficient (Wildman–Crippen LogP) is 2.17. The van der Waals surface area contributed by atoms with Gasteiger partial charge in [0.1, 0.15) is 5.82 Å². The van der Waals surface area contributed by atoms with E-state index in [0.717, 1.165) is 6.20 Å². The second-order valence-electron chi connectivity index (χ2n) is 5.07. The van der Waals surface area contributed by atoms with Crippen molar-refractivity contribution in [1.29, 1.82) is 0 Å². The van der Waals surface area contributed by atoms with Crippen LogP contribution in [0, 0.1) is 11.2 Å². The van der Waals surface area contributed by atoms with Gasteiger partial charge in [0.15, 0.2) is 5.78 Å². The van der Waals surface area contributed by atoms with E-state index in [0.29, 0.717) is 0 Å². The number of rotatable bonds is 3. The normalized spacial score (nSPS) is 12.6. The Morgan fingerprint density at radius 2 is 1.88 bits per heavy atom. The maximum absolute atomic E-state index is 13.0. The van der Waals surface area contributed by atoms with Crippen LogP contribution in [0.2, 0.25) is 0 Å². The van der Waals surface area contributed by atoms with Gasteiger partial charge in [0.05, 0.1) is 6.20 Å². The molecule has 0 saturated carbocycles. The molecule has 1 heterocycles. The van der Waals surface area contributed by atoms with Crippen LogP contribution >= 0.6 is 0 Å². The summed E-state index contributed by atoms with van der Waals surface area (Å²) in [6.07, 6.45) is 2.43. The summed E-state index contributed by atoms with van der Waals surface area (Å²) in [5.41, 5.74) is 4.75. The van der Waals surface area contributed by atoms with Crippen LogP contribution in [-0.2, 0) is 0 Å². The smallest absolute Gasteiger partial charge is 0.171 e. The van der Waals surface area contributed by atoms with Gasteiger partial charge in [0, 0.05) is 22.7 Å². The molecule has 3 nitrogen and oxygen atoms in total. The molecule has 0 amide bonds. The van der Waals surface area contributed by atoms with E-state index in [1.165, 1.54) is 12.3 Å². The fourth-order valence-corrected chi connectivity index (χ4v) is 1.19. The van der Waals surface area contributed by atoms with Crippen LogP contribution in [0.5, 0.6) is 0 Å². The van der Waals surface area contributed by atoms with Crippen molar-refractivity contribution in [1.82, 2.24) is 4.98 Å². The average molecular weight is 224 g/mol. The molecule has 88 valence electrons. The Kier molecular flexibility index (Phi) is 3.15. The number of carbonyl (C=O) groups excluding carboxylic acids is 1. The van der Waals surface area contributed by atoms with Crippen LogP contribution in [0.4, 0.5) is 4.39 Å². The van der Waals surface area contributed by atoms with E-state index >= 15 is 0 Å². The lowest BCUT2D eigenvalue weighted by atomic mass is 9.70. The summed E-state index contributed by atoms with van der Waals surface area (Å²) in [7, 11) is 0. The fraction of sp³-hybridized carbons (Fsp3) is 0.500. The van der Waals surface area contributed by atoms with Gasteiger partial charge in [-0.15, -0.1) is 0 Å². The Bertz CT molecular complexity index is 408. The number of Topliss-reactive ketones (excluding diaryl/α,β-unsaturated/α-hetero) is 1. The first-order valence-electron chi connectivity index (χ1n) is 5.10. The third-order valence-corrected chi connectivity index (χ3v) is 3.15. The molecule has 0 atom stereocenters. The molecule has 0 aliphatic heterocycles. The molecule has 0 saturated heterocycles. The lowest BCUT2D eigenvalue weighted by molar-refractivity contribution is 0.0734. The molecule has 1 rings (SSSR count). The molecule has 0 aliphatic rings. The molecule has 2 N–H and O–H groups in total. The summed E-state index contributed by atoms with van der Waals surface area (Å²) >= 11 is 0. The topological polar surface area (TPSA) is 56.0 Å². The van der Waals surface area contributed by atoms with Crippen molar-refractivity contribution in [3.63, 3.8) is 0 Å². The molecule has 1 aromatic heterocycles. The van der Waals surface area contributed by atoms with E-state index in [-0.39, 0.29) is 11.3 Å². The number of nitrogens with zero attached hydrogens (tertiary/aromatic N) is 1. The van der Waals surface area contributed by atoms with E-state index in [4.69, 9.17) is 5.73 Å². The van der Waals surface area contributed by atoms with Crippen molar-refractivity contribution < 1.29 is 9.18 Å². The predicted molar refractivity (Wildman–Crippen MR) is 60.6 cm³/mol. The van der Waals surface area contributed by atoms with Gasteiger partial charge in [0.25, 0.3) is 0 Å². The molecule has 0 fully saturated rings.